The van der Waals surface area contributed by atoms with Gasteiger partial charge in [-0.1, -0.05) is 39.5 Å². The number of nitrogens with zero attached hydrogens (tertiary/aromatic N) is 2. The van der Waals surface area contributed by atoms with Crippen LogP contribution in [0.3, 0.4) is 0 Å². The van der Waals surface area contributed by atoms with Gasteiger partial charge in [0.15, 0.2) is 0 Å². The first-order chi connectivity index (χ1) is 9.50. The van der Waals surface area contributed by atoms with Crippen LogP contribution in [0.5, 0.6) is 0 Å². The van der Waals surface area contributed by atoms with Gasteiger partial charge in [0.05, 0.1) is 4.92 Å². The molecule has 112 valence electrons. The fourth-order valence-electron chi connectivity index (χ4n) is 2.08. The summed E-state index contributed by atoms with van der Waals surface area (Å²) in [6.07, 6.45) is 7.51. The molecule has 0 unspecified atom stereocenters. The lowest BCUT2D eigenvalue weighted by molar-refractivity contribution is -0.385. The number of hydrogen-bond acceptors (Lipinski definition) is 4. The normalized spacial score (nSPS) is 10.8. The number of unbranched alkanes of at least 4 members (excludes halogenated alkanes) is 3. The summed E-state index contributed by atoms with van der Waals surface area (Å²) in [6.45, 7) is 7.11. The molecule has 1 heterocycles. The maximum atomic E-state index is 10.7. The Morgan fingerprint density at radius 3 is 2.60 bits per heavy atom. The zero-order valence-corrected chi connectivity index (χ0v) is 12.7. The molecule has 5 heteroatoms. The number of aromatic nitrogens is 1. The lowest BCUT2D eigenvalue weighted by Crippen LogP contribution is -2.04. The average Bonchev–Trinajstić information content (AvgIpc) is 2.37. The number of nitro groups is 1. The highest BCUT2D eigenvalue weighted by Crippen LogP contribution is 2.18. The molecular weight excluding hydrogens is 254 g/mol. The second-order valence-electron chi connectivity index (χ2n) is 5.64. The zero-order chi connectivity index (χ0) is 15.0. The van der Waals surface area contributed by atoms with Crippen molar-refractivity contribution in [1.82, 2.24) is 4.98 Å². The smallest absolute Gasteiger partial charge is 0.290 e. The van der Waals surface area contributed by atoms with Crippen LogP contribution in [-0.2, 0) is 0 Å². The molecule has 20 heavy (non-hydrogen) atoms. The summed E-state index contributed by atoms with van der Waals surface area (Å²) < 4.78 is 0. The molecule has 1 aromatic heterocycles. The third kappa shape index (κ3) is 5.99. The molecule has 0 fully saturated rings. The van der Waals surface area contributed by atoms with E-state index >= 15 is 0 Å². The van der Waals surface area contributed by atoms with Gasteiger partial charge in [0, 0.05) is 12.1 Å². The summed E-state index contributed by atoms with van der Waals surface area (Å²) in [5, 5.41) is 13.9. The minimum Gasteiger partial charge on any atom is -0.370 e. The van der Waals surface area contributed by atoms with Crippen LogP contribution in [-0.4, -0.2) is 16.5 Å². The summed E-state index contributed by atoms with van der Waals surface area (Å²) in [5.74, 6) is 1.51. The first kappa shape index (κ1) is 16.4. The van der Waals surface area contributed by atoms with Gasteiger partial charge in [-0.3, -0.25) is 10.1 Å². The molecule has 5 nitrogen and oxygen atoms in total. The Morgan fingerprint density at radius 1 is 1.30 bits per heavy atom. The number of hydrogen-bond donors (Lipinski definition) is 1. The average molecular weight is 279 g/mol. The van der Waals surface area contributed by atoms with Gasteiger partial charge in [0.25, 0.3) is 5.69 Å². The second-order valence-corrected chi connectivity index (χ2v) is 5.64. The largest absolute Gasteiger partial charge is 0.370 e. The van der Waals surface area contributed by atoms with E-state index in [2.05, 4.69) is 24.1 Å². The van der Waals surface area contributed by atoms with Gasteiger partial charge in [0.1, 0.15) is 12.0 Å². The van der Waals surface area contributed by atoms with Crippen molar-refractivity contribution in [2.75, 3.05) is 11.9 Å². The molecule has 0 aromatic carbocycles. The predicted molar refractivity (Wildman–Crippen MR) is 82.0 cm³/mol. The van der Waals surface area contributed by atoms with Crippen LogP contribution < -0.4 is 5.32 Å². The van der Waals surface area contributed by atoms with Crippen molar-refractivity contribution in [1.29, 1.82) is 0 Å². The molecule has 0 amide bonds. The Morgan fingerprint density at radius 2 is 2.00 bits per heavy atom. The van der Waals surface area contributed by atoms with Gasteiger partial charge >= 0.3 is 0 Å². The molecular formula is C15H25N3O2. The molecule has 1 N–H and O–H groups in total. The Balaban J connectivity index is 2.22. The number of nitrogens with one attached hydrogen (secondary N) is 1. The molecule has 0 atom stereocenters. The van der Waals surface area contributed by atoms with Crippen LogP contribution >= 0.6 is 0 Å². The molecule has 0 spiro atoms. The highest BCUT2D eigenvalue weighted by atomic mass is 16.6. The van der Waals surface area contributed by atoms with E-state index in [-0.39, 0.29) is 5.69 Å². The van der Waals surface area contributed by atoms with Crippen molar-refractivity contribution < 1.29 is 4.92 Å². The van der Waals surface area contributed by atoms with Gasteiger partial charge in [-0.2, -0.15) is 0 Å². The molecule has 0 bridgehead atoms. The lowest BCUT2D eigenvalue weighted by Gasteiger charge is -2.07. The second kappa shape index (κ2) is 8.51. The van der Waals surface area contributed by atoms with E-state index in [4.69, 9.17) is 0 Å². The van der Waals surface area contributed by atoms with E-state index in [1.807, 2.05) is 0 Å². The SMILES string of the molecule is Cc1cc(NCCCCCCC(C)C)ncc1[N+](=O)[O-]. The summed E-state index contributed by atoms with van der Waals surface area (Å²) in [7, 11) is 0. The van der Waals surface area contributed by atoms with Gasteiger partial charge in [0.2, 0.25) is 0 Å². The molecule has 0 aliphatic heterocycles. The number of rotatable bonds is 9. The third-order valence-corrected chi connectivity index (χ3v) is 3.29. The predicted octanol–water partition coefficient (Wildman–Crippen LogP) is 4.32. The van der Waals surface area contributed by atoms with Crippen LogP contribution in [0.1, 0.15) is 51.5 Å². The van der Waals surface area contributed by atoms with E-state index < -0.39 is 4.92 Å². The fraction of sp³-hybridized carbons (Fsp3) is 0.667. The number of anilines is 1. The van der Waals surface area contributed by atoms with Gasteiger partial charge in [-0.15, -0.1) is 0 Å². The Kier molecular flexibility index (Phi) is 6.98. The van der Waals surface area contributed by atoms with Crippen LogP contribution in [0.25, 0.3) is 0 Å². The monoisotopic (exact) mass is 279 g/mol. The minimum atomic E-state index is -0.402. The maximum Gasteiger partial charge on any atom is 0.290 e. The van der Waals surface area contributed by atoms with E-state index in [0.717, 1.165) is 24.7 Å². The topological polar surface area (TPSA) is 68.1 Å². The van der Waals surface area contributed by atoms with E-state index in [1.54, 1.807) is 13.0 Å². The van der Waals surface area contributed by atoms with E-state index in [1.165, 1.54) is 31.9 Å². The lowest BCUT2D eigenvalue weighted by atomic mass is 10.0. The van der Waals surface area contributed by atoms with Crippen molar-refractivity contribution >= 4 is 11.5 Å². The molecule has 0 radical (unpaired) electrons. The van der Waals surface area contributed by atoms with Gasteiger partial charge in [-0.05, 0) is 25.3 Å². The molecule has 0 aliphatic rings. The highest BCUT2D eigenvalue weighted by molar-refractivity contribution is 5.46. The quantitative estimate of drug-likeness (QED) is 0.415. The number of pyridine rings is 1. The van der Waals surface area contributed by atoms with Crippen LogP contribution in [0, 0.1) is 23.0 Å². The summed E-state index contributed by atoms with van der Waals surface area (Å²) in [5.41, 5.74) is 0.716. The van der Waals surface area contributed by atoms with Crippen molar-refractivity contribution in [3.8, 4) is 0 Å². The van der Waals surface area contributed by atoms with Crippen molar-refractivity contribution in [3.63, 3.8) is 0 Å². The third-order valence-electron chi connectivity index (χ3n) is 3.29. The van der Waals surface area contributed by atoms with Crippen molar-refractivity contribution in [2.45, 2.75) is 52.9 Å². The Labute approximate surface area is 121 Å². The number of aryl methyl sites for hydroxylation is 1. The van der Waals surface area contributed by atoms with Crippen LogP contribution in [0.15, 0.2) is 12.3 Å². The van der Waals surface area contributed by atoms with Crippen molar-refractivity contribution in [3.05, 3.63) is 27.9 Å². The molecule has 0 saturated heterocycles. The minimum absolute atomic E-state index is 0.0734. The highest BCUT2D eigenvalue weighted by Gasteiger charge is 2.10. The maximum absolute atomic E-state index is 10.7. The first-order valence-electron chi connectivity index (χ1n) is 7.35. The molecule has 1 aromatic rings. The summed E-state index contributed by atoms with van der Waals surface area (Å²) in [4.78, 5) is 14.4. The summed E-state index contributed by atoms with van der Waals surface area (Å²) in [6, 6.07) is 1.73. The molecule has 1 rings (SSSR count). The van der Waals surface area contributed by atoms with Crippen molar-refractivity contribution in [2.24, 2.45) is 5.92 Å². The fourth-order valence-corrected chi connectivity index (χ4v) is 2.08. The summed E-state index contributed by atoms with van der Waals surface area (Å²) >= 11 is 0. The molecule has 0 saturated carbocycles. The van der Waals surface area contributed by atoms with E-state index in [9.17, 15) is 10.1 Å². The molecule has 0 aliphatic carbocycles. The standard InChI is InChI=1S/C15H25N3O2/c1-12(2)8-6-4-5-7-9-16-15-10-13(3)14(11-17-15)18(19)20/h10-12H,4-9H2,1-3H3,(H,16,17). The first-order valence-corrected chi connectivity index (χ1v) is 7.35. The zero-order valence-electron chi connectivity index (χ0n) is 12.7. The van der Waals surface area contributed by atoms with Gasteiger partial charge in [-0.25, -0.2) is 4.98 Å². The van der Waals surface area contributed by atoms with E-state index in [0.29, 0.717) is 5.56 Å². The Bertz CT molecular complexity index is 433. The Hall–Kier alpha value is -1.65. The van der Waals surface area contributed by atoms with Gasteiger partial charge < -0.3 is 5.32 Å². The van der Waals surface area contributed by atoms with Crippen LogP contribution in [0.2, 0.25) is 0 Å². The van der Waals surface area contributed by atoms with Crippen LogP contribution in [0.4, 0.5) is 11.5 Å².